The van der Waals surface area contributed by atoms with Crippen LogP contribution in [-0.4, -0.2) is 19.3 Å². The Morgan fingerprint density at radius 3 is 2.18 bits per heavy atom. The fourth-order valence-electron chi connectivity index (χ4n) is 3.82. The van der Waals surface area contributed by atoms with Crippen LogP contribution in [0.15, 0.2) is 54.6 Å². The molecule has 144 valence electrons. The van der Waals surface area contributed by atoms with Gasteiger partial charge in [0.1, 0.15) is 17.6 Å². The van der Waals surface area contributed by atoms with E-state index >= 15 is 0 Å². The minimum Gasteiger partial charge on any atom is -0.504 e. The third-order valence-electron chi connectivity index (χ3n) is 5.28. The van der Waals surface area contributed by atoms with E-state index in [1.807, 2.05) is 55.5 Å². The van der Waals surface area contributed by atoms with Crippen molar-refractivity contribution >= 4 is 11.6 Å². The summed E-state index contributed by atoms with van der Waals surface area (Å²) in [6.45, 7) is 1.89. The van der Waals surface area contributed by atoms with Crippen molar-refractivity contribution in [2.75, 3.05) is 14.2 Å². The van der Waals surface area contributed by atoms with E-state index in [1.54, 1.807) is 13.2 Å². The molecule has 4 rings (SSSR count). The molecular formula is C23H21ClO4. The molecule has 4 nitrogen and oxygen atoms in total. The van der Waals surface area contributed by atoms with Crippen LogP contribution in [-0.2, 0) is 0 Å². The topological polar surface area (TPSA) is 47.9 Å². The zero-order valence-corrected chi connectivity index (χ0v) is 16.7. The third-order valence-corrected chi connectivity index (χ3v) is 5.53. The van der Waals surface area contributed by atoms with Crippen LogP contribution in [0.2, 0.25) is 5.02 Å². The van der Waals surface area contributed by atoms with E-state index in [9.17, 15) is 5.11 Å². The van der Waals surface area contributed by atoms with Crippen molar-refractivity contribution < 1.29 is 19.3 Å². The number of aromatic hydroxyl groups is 1. The molecule has 3 aromatic rings. The second kappa shape index (κ2) is 7.28. The van der Waals surface area contributed by atoms with Gasteiger partial charge in [0.05, 0.1) is 20.1 Å². The molecule has 0 unspecified atom stereocenters. The van der Waals surface area contributed by atoms with Gasteiger partial charge in [0.15, 0.2) is 11.5 Å². The number of hydrogen-bond acceptors (Lipinski definition) is 4. The Kier molecular flexibility index (Phi) is 4.82. The zero-order chi connectivity index (χ0) is 19.8. The number of methoxy groups -OCH3 is 2. The standard InChI is InChI=1S/C23H21ClO4/c1-13-20-18(12-19(27-3)22(13)25)28-23(15-6-10-17(26-2)11-7-15)21(20)14-4-8-16(24)9-5-14/h4-12,21,23,25H,1-3H3/t21-,23+/m0/s1. The molecule has 28 heavy (non-hydrogen) atoms. The largest absolute Gasteiger partial charge is 0.504 e. The van der Waals surface area contributed by atoms with Gasteiger partial charge >= 0.3 is 0 Å². The van der Waals surface area contributed by atoms with E-state index in [4.69, 9.17) is 25.8 Å². The van der Waals surface area contributed by atoms with E-state index in [2.05, 4.69) is 0 Å². The van der Waals surface area contributed by atoms with Gasteiger partial charge < -0.3 is 19.3 Å². The van der Waals surface area contributed by atoms with E-state index in [0.29, 0.717) is 16.5 Å². The molecule has 0 bridgehead atoms. The lowest BCUT2D eigenvalue weighted by molar-refractivity contribution is 0.221. The molecule has 0 aromatic heterocycles. The predicted molar refractivity (Wildman–Crippen MR) is 109 cm³/mol. The molecule has 1 heterocycles. The summed E-state index contributed by atoms with van der Waals surface area (Å²) in [5.74, 6) is 1.96. The molecule has 0 saturated carbocycles. The van der Waals surface area contributed by atoms with Crippen LogP contribution in [0.1, 0.15) is 34.3 Å². The number of rotatable bonds is 4. The molecule has 1 N–H and O–H groups in total. The van der Waals surface area contributed by atoms with Crippen LogP contribution in [0, 0.1) is 6.92 Å². The van der Waals surface area contributed by atoms with Crippen LogP contribution >= 0.6 is 11.6 Å². The van der Waals surface area contributed by atoms with Crippen molar-refractivity contribution in [1.29, 1.82) is 0 Å². The van der Waals surface area contributed by atoms with Gasteiger partial charge in [-0.2, -0.15) is 0 Å². The first-order chi connectivity index (χ1) is 13.5. The van der Waals surface area contributed by atoms with Crippen LogP contribution in [0.5, 0.6) is 23.0 Å². The molecule has 2 atom stereocenters. The molecule has 5 heteroatoms. The summed E-state index contributed by atoms with van der Waals surface area (Å²) in [5.41, 5.74) is 3.80. The summed E-state index contributed by atoms with van der Waals surface area (Å²) in [5, 5.41) is 11.3. The van der Waals surface area contributed by atoms with Crippen LogP contribution in [0.3, 0.4) is 0 Å². The van der Waals surface area contributed by atoms with Crippen LogP contribution in [0.25, 0.3) is 0 Å². The summed E-state index contributed by atoms with van der Waals surface area (Å²) in [4.78, 5) is 0. The molecule has 0 radical (unpaired) electrons. The second-order valence-electron chi connectivity index (χ2n) is 6.81. The smallest absolute Gasteiger partial charge is 0.164 e. The number of fused-ring (bicyclic) bond motifs is 1. The highest BCUT2D eigenvalue weighted by Crippen LogP contribution is 2.54. The SMILES string of the molecule is COc1ccc([C@H]2Oc3cc(OC)c(O)c(C)c3[C@@H]2c2ccc(Cl)cc2)cc1. The highest BCUT2D eigenvalue weighted by molar-refractivity contribution is 6.30. The van der Waals surface area contributed by atoms with E-state index in [0.717, 1.165) is 28.0 Å². The quantitative estimate of drug-likeness (QED) is 0.620. The average molecular weight is 397 g/mol. The van der Waals surface area contributed by atoms with Crippen LogP contribution < -0.4 is 14.2 Å². The van der Waals surface area contributed by atoms with Gasteiger partial charge in [0.25, 0.3) is 0 Å². The molecule has 1 aliphatic rings. The summed E-state index contributed by atoms with van der Waals surface area (Å²) in [6, 6.07) is 17.4. The molecule has 0 fully saturated rings. The lowest BCUT2D eigenvalue weighted by atomic mass is 9.83. The lowest BCUT2D eigenvalue weighted by Gasteiger charge is -2.21. The van der Waals surface area contributed by atoms with E-state index in [1.165, 1.54) is 7.11 Å². The van der Waals surface area contributed by atoms with Crippen molar-refractivity contribution in [3.8, 4) is 23.0 Å². The van der Waals surface area contributed by atoms with Gasteiger partial charge in [-0.25, -0.2) is 0 Å². The second-order valence-corrected chi connectivity index (χ2v) is 7.24. The summed E-state index contributed by atoms with van der Waals surface area (Å²) in [6.07, 6.45) is -0.243. The van der Waals surface area contributed by atoms with E-state index < -0.39 is 0 Å². The fourth-order valence-corrected chi connectivity index (χ4v) is 3.95. The monoisotopic (exact) mass is 396 g/mol. The van der Waals surface area contributed by atoms with Gasteiger partial charge in [-0.15, -0.1) is 0 Å². The molecule has 0 saturated heterocycles. The van der Waals surface area contributed by atoms with Crippen molar-refractivity contribution in [3.63, 3.8) is 0 Å². The number of phenolic OH excluding ortho intramolecular Hbond substituents is 1. The number of halogens is 1. The van der Waals surface area contributed by atoms with Gasteiger partial charge in [0, 0.05) is 22.2 Å². The normalized spacial score (nSPS) is 17.7. The lowest BCUT2D eigenvalue weighted by Crippen LogP contribution is -2.11. The van der Waals surface area contributed by atoms with Crippen molar-refractivity contribution in [3.05, 3.63) is 81.9 Å². The summed E-state index contributed by atoms with van der Waals surface area (Å²) >= 11 is 6.10. The van der Waals surface area contributed by atoms with Crippen LogP contribution in [0.4, 0.5) is 0 Å². The van der Waals surface area contributed by atoms with Gasteiger partial charge in [-0.3, -0.25) is 0 Å². The highest BCUT2D eigenvalue weighted by Gasteiger charge is 2.39. The van der Waals surface area contributed by atoms with Gasteiger partial charge in [-0.1, -0.05) is 35.9 Å². The van der Waals surface area contributed by atoms with Crippen molar-refractivity contribution in [2.24, 2.45) is 0 Å². The maximum atomic E-state index is 10.6. The number of benzene rings is 3. The van der Waals surface area contributed by atoms with E-state index in [-0.39, 0.29) is 17.8 Å². The zero-order valence-electron chi connectivity index (χ0n) is 15.9. The predicted octanol–water partition coefficient (Wildman–Crippen LogP) is 5.64. The highest BCUT2D eigenvalue weighted by atomic mass is 35.5. The Balaban J connectivity index is 1.88. The van der Waals surface area contributed by atoms with Crippen molar-refractivity contribution in [2.45, 2.75) is 18.9 Å². The molecule has 0 aliphatic carbocycles. The average Bonchev–Trinajstić information content (AvgIpc) is 3.11. The Morgan fingerprint density at radius 1 is 0.929 bits per heavy atom. The van der Waals surface area contributed by atoms with Gasteiger partial charge in [0.2, 0.25) is 0 Å². The first-order valence-corrected chi connectivity index (χ1v) is 9.37. The number of phenols is 1. The Bertz CT molecular complexity index is 997. The number of ether oxygens (including phenoxy) is 3. The first kappa shape index (κ1) is 18.5. The molecule has 3 aromatic carbocycles. The minimum absolute atomic E-state index is 0.0857. The summed E-state index contributed by atoms with van der Waals surface area (Å²) in [7, 11) is 3.18. The third kappa shape index (κ3) is 3.04. The Hall–Kier alpha value is -2.85. The molecule has 1 aliphatic heterocycles. The Morgan fingerprint density at radius 2 is 1.57 bits per heavy atom. The fraction of sp³-hybridized carbons (Fsp3) is 0.217. The van der Waals surface area contributed by atoms with Gasteiger partial charge in [-0.05, 0) is 42.3 Å². The molecule has 0 amide bonds. The minimum atomic E-state index is -0.243. The number of hydrogen-bond donors (Lipinski definition) is 1. The van der Waals surface area contributed by atoms with Crippen molar-refractivity contribution in [1.82, 2.24) is 0 Å². The maximum absolute atomic E-state index is 10.6. The maximum Gasteiger partial charge on any atom is 0.164 e. The Labute approximate surface area is 169 Å². The first-order valence-electron chi connectivity index (χ1n) is 9.00. The molecule has 0 spiro atoms. The molecular weight excluding hydrogens is 376 g/mol. The summed E-state index contributed by atoms with van der Waals surface area (Å²) < 4.78 is 17.0.